The van der Waals surface area contributed by atoms with Crippen LogP contribution in [0.5, 0.6) is 0 Å². The van der Waals surface area contributed by atoms with Crippen LogP contribution >= 0.6 is 0 Å². The maximum Gasteiger partial charge on any atom is 0.312 e. The van der Waals surface area contributed by atoms with E-state index in [4.69, 9.17) is 0 Å². The van der Waals surface area contributed by atoms with Crippen molar-refractivity contribution in [3.63, 3.8) is 0 Å². The van der Waals surface area contributed by atoms with E-state index in [9.17, 15) is 9.59 Å². The summed E-state index contributed by atoms with van der Waals surface area (Å²) in [5.41, 5.74) is 0. The summed E-state index contributed by atoms with van der Waals surface area (Å²) < 4.78 is 4.68. The summed E-state index contributed by atoms with van der Waals surface area (Å²) >= 11 is 0. The summed E-state index contributed by atoms with van der Waals surface area (Å²) in [5, 5.41) is 0. The lowest BCUT2D eigenvalue weighted by Crippen LogP contribution is -2.21. The number of ether oxygens (including phenoxy) is 1. The summed E-state index contributed by atoms with van der Waals surface area (Å²) in [4.78, 5) is 22.4. The average Bonchev–Trinajstić information content (AvgIpc) is 2.61. The van der Waals surface area contributed by atoms with Crippen LogP contribution in [0.4, 0.5) is 0 Å². The van der Waals surface area contributed by atoms with Gasteiger partial charge < -0.3 is 4.74 Å². The lowest BCUT2D eigenvalue weighted by atomic mass is 9.91. The number of hydrogen-bond donors (Lipinski definition) is 0. The normalized spacial score (nSPS) is 36.4. The number of Topliss-reactive ketones (excluding diaryl/α,β-unsaturated/α-hetero) is 1. The quantitative estimate of drug-likeness (QED) is 0.445. The molecule has 70 valence electrons. The van der Waals surface area contributed by atoms with Crippen LogP contribution in [-0.2, 0) is 14.3 Å². The number of esters is 1. The smallest absolute Gasteiger partial charge is 0.312 e. The minimum Gasteiger partial charge on any atom is -0.469 e. The Labute approximate surface area is 76.8 Å². The molecule has 0 aromatic carbocycles. The second kappa shape index (κ2) is 2.98. The van der Waals surface area contributed by atoms with Crippen molar-refractivity contribution in [1.82, 2.24) is 0 Å². The minimum absolute atomic E-state index is 0.179. The Morgan fingerprint density at radius 3 is 2.92 bits per heavy atom. The molecule has 0 aliphatic heterocycles. The highest BCUT2D eigenvalue weighted by Crippen LogP contribution is 2.41. The van der Waals surface area contributed by atoms with Crippen molar-refractivity contribution in [1.29, 1.82) is 0 Å². The molecular formula is C10H12O3. The molecule has 0 radical (unpaired) electrons. The van der Waals surface area contributed by atoms with Gasteiger partial charge in [0.2, 0.25) is 0 Å². The molecule has 0 aromatic heterocycles. The van der Waals surface area contributed by atoms with Crippen LogP contribution in [0.15, 0.2) is 12.2 Å². The minimum atomic E-state index is -0.210. The fourth-order valence-corrected chi connectivity index (χ4v) is 2.31. The highest BCUT2D eigenvalue weighted by Gasteiger charge is 2.42. The van der Waals surface area contributed by atoms with Crippen molar-refractivity contribution in [2.75, 3.05) is 7.11 Å². The van der Waals surface area contributed by atoms with Gasteiger partial charge in [0, 0.05) is 12.8 Å². The molecule has 0 amide bonds. The Balaban J connectivity index is 2.13. The van der Waals surface area contributed by atoms with Gasteiger partial charge in [0.05, 0.1) is 13.0 Å². The molecular weight excluding hydrogens is 168 g/mol. The van der Waals surface area contributed by atoms with E-state index in [1.54, 1.807) is 0 Å². The number of carbonyl (C=O) groups excluding carboxylic acids is 2. The number of methoxy groups -OCH3 is 1. The van der Waals surface area contributed by atoms with Gasteiger partial charge in [-0.3, -0.25) is 9.59 Å². The standard InChI is InChI=1S/C10H12O3/c1-13-10(12)8-3-2-6-4-7(11)5-9(6)8/h2-3,6,8-9H,4-5H2,1H3/t6-,8?,9+/m1/s1. The molecule has 2 aliphatic carbocycles. The van der Waals surface area contributed by atoms with Crippen molar-refractivity contribution in [2.45, 2.75) is 12.8 Å². The summed E-state index contributed by atoms with van der Waals surface area (Å²) in [6.07, 6.45) is 5.01. The van der Waals surface area contributed by atoms with E-state index < -0.39 is 0 Å². The number of carbonyl (C=O) groups is 2. The van der Waals surface area contributed by atoms with Gasteiger partial charge in [-0.05, 0) is 11.8 Å². The van der Waals surface area contributed by atoms with Crippen molar-refractivity contribution in [3.8, 4) is 0 Å². The zero-order chi connectivity index (χ0) is 9.42. The Hall–Kier alpha value is -1.12. The summed E-state index contributed by atoms with van der Waals surface area (Å²) in [5.74, 6) is 0.352. The number of hydrogen-bond acceptors (Lipinski definition) is 3. The molecule has 3 heteroatoms. The van der Waals surface area contributed by atoms with E-state index in [-0.39, 0.29) is 29.5 Å². The highest BCUT2D eigenvalue weighted by molar-refractivity contribution is 5.85. The summed E-state index contributed by atoms with van der Waals surface area (Å²) in [6, 6.07) is 0. The van der Waals surface area contributed by atoms with Gasteiger partial charge in [0.25, 0.3) is 0 Å². The molecule has 2 aliphatic rings. The lowest BCUT2D eigenvalue weighted by molar-refractivity contribution is -0.145. The van der Waals surface area contributed by atoms with Gasteiger partial charge in [-0.1, -0.05) is 12.2 Å². The third-order valence-corrected chi connectivity index (χ3v) is 2.98. The second-order valence-electron chi connectivity index (χ2n) is 3.71. The molecule has 0 aromatic rings. The van der Waals surface area contributed by atoms with Crippen molar-refractivity contribution < 1.29 is 14.3 Å². The molecule has 1 fully saturated rings. The summed E-state index contributed by atoms with van der Waals surface area (Å²) in [6.45, 7) is 0. The third-order valence-electron chi connectivity index (χ3n) is 2.98. The largest absolute Gasteiger partial charge is 0.469 e. The molecule has 1 saturated carbocycles. The van der Waals surface area contributed by atoms with E-state index in [1.165, 1.54) is 7.11 Å². The van der Waals surface area contributed by atoms with Crippen molar-refractivity contribution in [2.24, 2.45) is 17.8 Å². The van der Waals surface area contributed by atoms with Gasteiger partial charge in [-0.25, -0.2) is 0 Å². The van der Waals surface area contributed by atoms with E-state index in [0.29, 0.717) is 12.8 Å². The first kappa shape index (κ1) is 8.48. The average molecular weight is 180 g/mol. The number of allylic oxidation sites excluding steroid dienone is 1. The van der Waals surface area contributed by atoms with Gasteiger partial charge >= 0.3 is 5.97 Å². The Kier molecular flexibility index (Phi) is 1.94. The monoisotopic (exact) mass is 180 g/mol. The maximum absolute atomic E-state index is 11.3. The van der Waals surface area contributed by atoms with Gasteiger partial charge in [0.15, 0.2) is 0 Å². The SMILES string of the molecule is COC(=O)C1C=C[C@@H]2CC(=O)C[C@H]12. The van der Waals surface area contributed by atoms with E-state index in [2.05, 4.69) is 4.74 Å². The van der Waals surface area contributed by atoms with Gasteiger partial charge in [-0.15, -0.1) is 0 Å². The van der Waals surface area contributed by atoms with Crippen LogP contribution in [0, 0.1) is 17.8 Å². The zero-order valence-corrected chi connectivity index (χ0v) is 7.53. The Bertz CT molecular complexity index is 280. The predicted molar refractivity (Wildman–Crippen MR) is 45.9 cm³/mol. The molecule has 0 bridgehead atoms. The van der Waals surface area contributed by atoms with Crippen LogP contribution in [0.1, 0.15) is 12.8 Å². The number of rotatable bonds is 1. The van der Waals surface area contributed by atoms with Crippen LogP contribution < -0.4 is 0 Å². The second-order valence-corrected chi connectivity index (χ2v) is 3.71. The van der Waals surface area contributed by atoms with Crippen LogP contribution in [0.3, 0.4) is 0 Å². The number of ketones is 1. The van der Waals surface area contributed by atoms with E-state index in [0.717, 1.165) is 0 Å². The first-order valence-corrected chi connectivity index (χ1v) is 4.50. The first-order chi connectivity index (χ1) is 6.22. The Morgan fingerprint density at radius 2 is 2.23 bits per heavy atom. The van der Waals surface area contributed by atoms with Gasteiger partial charge in [-0.2, -0.15) is 0 Å². The van der Waals surface area contributed by atoms with E-state index in [1.807, 2.05) is 12.2 Å². The fourth-order valence-electron chi connectivity index (χ4n) is 2.31. The molecule has 3 atom stereocenters. The molecule has 0 heterocycles. The third kappa shape index (κ3) is 1.28. The molecule has 0 spiro atoms. The Morgan fingerprint density at radius 1 is 1.46 bits per heavy atom. The molecule has 0 saturated heterocycles. The first-order valence-electron chi connectivity index (χ1n) is 4.50. The van der Waals surface area contributed by atoms with Crippen molar-refractivity contribution >= 4 is 11.8 Å². The zero-order valence-electron chi connectivity index (χ0n) is 7.53. The summed E-state index contributed by atoms with van der Waals surface area (Å²) in [7, 11) is 1.39. The lowest BCUT2D eigenvalue weighted by Gasteiger charge is -2.14. The van der Waals surface area contributed by atoms with Crippen LogP contribution in [0.25, 0.3) is 0 Å². The van der Waals surface area contributed by atoms with E-state index >= 15 is 0 Å². The fraction of sp³-hybridized carbons (Fsp3) is 0.600. The van der Waals surface area contributed by atoms with Gasteiger partial charge in [0.1, 0.15) is 5.78 Å². The molecule has 13 heavy (non-hydrogen) atoms. The predicted octanol–water partition coefficient (Wildman–Crippen LogP) is 0.941. The van der Waals surface area contributed by atoms with Crippen molar-refractivity contribution in [3.05, 3.63) is 12.2 Å². The number of fused-ring (bicyclic) bond motifs is 1. The highest BCUT2D eigenvalue weighted by atomic mass is 16.5. The molecule has 0 N–H and O–H groups in total. The maximum atomic E-state index is 11.3. The molecule has 3 nitrogen and oxygen atoms in total. The molecule has 2 rings (SSSR count). The van der Waals surface area contributed by atoms with Crippen LogP contribution in [-0.4, -0.2) is 18.9 Å². The van der Waals surface area contributed by atoms with Crippen LogP contribution in [0.2, 0.25) is 0 Å². The molecule has 1 unspecified atom stereocenters. The topological polar surface area (TPSA) is 43.4 Å².